The summed E-state index contributed by atoms with van der Waals surface area (Å²) in [6, 6.07) is 15.7. The summed E-state index contributed by atoms with van der Waals surface area (Å²) in [4.78, 5) is 0. The van der Waals surface area contributed by atoms with Crippen LogP contribution in [0.3, 0.4) is 0 Å². The second kappa shape index (κ2) is 6.00. The monoisotopic (exact) mass is 276 g/mol. The van der Waals surface area contributed by atoms with Crippen molar-refractivity contribution in [2.24, 2.45) is 0 Å². The van der Waals surface area contributed by atoms with E-state index in [4.69, 9.17) is 11.6 Å². The quantitative estimate of drug-likeness (QED) is 0.862. The zero-order chi connectivity index (χ0) is 13.8. The van der Waals surface area contributed by atoms with Gasteiger partial charge in [-0.05, 0) is 23.3 Å². The summed E-state index contributed by atoms with van der Waals surface area (Å²) in [6.07, 6.45) is -0.989. The van der Waals surface area contributed by atoms with Crippen molar-refractivity contribution >= 4 is 11.6 Å². The molecule has 2 atom stereocenters. The third kappa shape index (κ3) is 3.22. The van der Waals surface area contributed by atoms with Crippen LogP contribution >= 0.6 is 11.6 Å². The molecule has 0 unspecified atom stereocenters. The molecular formula is C16H14ClFO. The minimum absolute atomic E-state index is 0.561. The predicted octanol–water partition coefficient (Wildman–Crippen LogP) is 4.64. The summed E-state index contributed by atoms with van der Waals surface area (Å²) in [5, 5.41) is 10.9. The Morgan fingerprint density at radius 2 is 1.58 bits per heavy atom. The van der Waals surface area contributed by atoms with Crippen molar-refractivity contribution in [1.29, 1.82) is 0 Å². The highest BCUT2D eigenvalue weighted by atomic mass is 35.5. The van der Waals surface area contributed by atoms with E-state index in [1.54, 1.807) is 48.5 Å². The van der Waals surface area contributed by atoms with Crippen LogP contribution in [0.2, 0.25) is 5.02 Å². The maximum atomic E-state index is 13.7. The highest BCUT2D eigenvalue weighted by molar-refractivity contribution is 6.30. The minimum Gasteiger partial charge on any atom is -0.387 e. The van der Waals surface area contributed by atoms with E-state index in [0.717, 1.165) is 0 Å². The molecule has 1 N–H and O–H groups in total. The summed E-state index contributed by atoms with van der Waals surface area (Å²) >= 11 is 5.80. The fourth-order valence-corrected chi connectivity index (χ4v) is 2.17. The molecule has 2 aromatic carbocycles. The van der Waals surface area contributed by atoms with Crippen LogP contribution in [-0.4, -0.2) is 5.11 Å². The molecule has 0 aliphatic carbocycles. The van der Waals surface area contributed by atoms with Gasteiger partial charge >= 0.3 is 0 Å². The van der Waals surface area contributed by atoms with E-state index in [2.05, 4.69) is 6.58 Å². The van der Waals surface area contributed by atoms with Gasteiger partial charge in [-0.2, -0.15) is 0 Å². The molecule has 0 aromatic heterocycles. The average molecular weight is 277 g/mol. The van der Waals surface area contributed by atoms with Gasteiger partial charge in [0.2, 0.25) is 0 Å². The van der Waals surface area contributed by atoms with Crippen LogP contribution < -0.4 is 0 Å². The zero-order valence-corrected chi connectivity index (χ0v) is 11.0. The Bertz CT molecular complexity index is 551. The van der Waals surface area contributed by atoms with E-state index in [1.807, 2.05) is 6.07 Å². The fourth-order valence-electron chi connectivity index (χ4n) is 2.05. The lowest BCUT2D eigenvalue weighted by Crippen LogP contribution is -2.11. The lowest BCUT2D eigenvalue weighted by molar-refractivity contribution is 0.148. The third-order valence-electron chi connectivity index (χ3n) is 3.02. The van der Waals surface area contributed by atoms with Gasteiger partial charge in [0.15, 0.2) is 0 Å². The van der Waals surface area contributed by atoms with Crippen LogP contribution in [0.1, 0.15) is 23.1 Å². The van der Waals surface area contributed by atoms with Gasteiger partial charge in [-0.15, -0.1) is 0 Å². The molecule has 19 heavy (non-hydrogen) atoms. The molecule has 0 spiro atoms. The van der Waals surface area contributed by atoms with Crippen LogP contribution in [0.4, 0.5) is 4.39 Å². The molecule has 0 radical (unpaired) electrons. The van der Waals surface area contributed by atoms with Crippen LogP contribution in [0.15, 0.2) is 67.0 Å². The molecule has 0 bridgehead atoms. The van der Waals surface area contributed by atoms with E-state index in [1.165, 1.54) is 0 Å². The smallest absolute Gasteiger partial charge is 0.103 e. The summed E-state index contributed by atoms with van der Waals surface area (Å²) in [5.74, 6) is -1.34. The molecule has 1 nitrogen and oxygen atoms in total. The molecular weight excluding hydrogens is 263 g/mol. The first-order valence-electron chi connectivity index (χ1n) is 5.92. The molecule has 0 fully saturated rings. The van der Waals surface area contributed by atoms with Gasteiger partial charge in [-0.1, -0.05) is 60.6 Å². The van der Waals surface area contributed by atoms with Crippen LogP contribution in [0.25, 0.3) is 0 Å². The Balaban J connectivity index is 2.35. The zero-order valence-electron chi connectivity index (χ0n) is 10.3. The molecule has 0 saturated carbocycles. The molecule has 3 heteroatoms. The maximum absolute atomic E-state index is 13.7. The standard InChI is InChI=1S/C16H14ClFO/c1-11(18)15(12-5-3-2-4-6-12)16(19)13-7-9-14(17)10-8-13/h2-10,15-16,19H,1H2/t15-,16-/m1/s1. The van der Waals surface area contributed by atoms with Gasteiger partial charge < -0.3 is 5.11 Å². The fraction of sp³-hybridized carbons (Fsp3) is 0.125. The highest BCUT2D eigenvalue weighted by Crippen LogP contribution is 2.36. The van der Waals surface area contributed by atoms with Gasteiger partial charge in [0.05, 0.1) is 12.0 Å². The van der Waals surface area contributed by atoms with Crippen LogP contribution in [0, 0.1) is 0 Å². The second-order valence-electron chi connectivity index (χ2n) is 4.33. The van der Waals surface area contributed by atoms with Crippen molar-refractivity contribution in [3.05, 3.63) is 83.2 Å². The second-order valence-corrected chi connectivity index (χ2v) is 4.77. The molecule has 98 valence electrons. The number of hydrogen-bond donors (Lipinski definition) is 1. The Labute approximate surface area is 117 Å². The van der Waals surface area contributed by atoms with Crippen molar-refractivity contribution in [2.75, 3.05) is 0 Å². The van der Waals surface area contributed by atoms with Crippen molar-refractivity contribution in [3.63, 3.8) is 0 Å². The predicted molar refractivity (Wildman–Crippen MR) is 75.8 cm³/mol. The van der Waals surface area contributed by atoms with Crippen molar-refractivity contribution in [1.82, 2.24) is 0 Å². The number of rotatable bonds is 4. The van der Waals surface area contributed by atoms with Gasteiger partial charge in [0.1, 0.15) is 5.83 Å². The molecule has 0 amide bonds. The molecule has 0 aliphatic rings. The Kier molecular flexibility index (Phi) is 4.35. The number of aliphatic hydroxyl groups excluding tert-OH is 1. The van der Waals surface area contributed by atoms with E-state index < -0.39 is 17.8 Å². The largest absolute Gasteiger partial charge is 0.387 e. The van der Waals surface area contributed by atoms with E-state index >= 15 is 0 Å². The topological polar surface area (TPSA) is 20.2 Å². The normalized spacial score (nSPS) is 13.8. The Morgan fingerprint density at radius 1 is 1.00 bits per heavy atom. The summed E-state index contributed by atoms with van der Waals surface area (Å²) in [5.41, 5.74) is 1.30. The van der Waals surface area contributed by atoms with Gasteiger partial charge in [-0.25, -0.2) is 4.39 Å². The van der Waals surface area contributed by atoms with E-state index in [9.17, 15) is 9.50 Å². The van der Waals surface area contributed by atoms with E-state index in [0.29, 0.717) is 16.1 Å². The molecule has 2 aromatic rings. The number of aliphatic hydroxyl groups is 1. The van der Waals surface area contributed by atoms with Crippen molar-refractivity contribution in [3.8, 4) is 0 Å². The van der Waals surface area contributed by atoms with Gasteiger partial charge in [0, 0.05) is 5.02 Å². The summed E-state index contributed by atoms with van der Waals surface area (Å²) in [6.45, 7) is 3.34. The summed E-state index contributed by atoms with van der Waals surface area (Å²) < 4.78 is 13.7. The maximum Gasteiger partial charge on any atom is 0.103 e. The number of benzene rings is 2. The van der Waals surface area contributed by atoms with Gasteiger partial charge in [-0.3, -0.25) is 0 Å². The first-order valence-corrected chi connectivity index (χ1v) is 6.30. The molecule has 0 aliphatic heterocycles. The number of halogens is 2. The van der Waals surface area contributed by atoms with Crippen LogP contribution in [0.5, 0.6) is 0 Å². The molecule has 2 rings (SSSR count). The molecule has 0 heterocycles. The van der Waals surface area contributed by atoms with Crippen molar-refractivity contribution < 1.29 is 9.50 Å². The van der Waals surface area contributed by atoms with Crippen LogP contribution in [-0.2, 0) is 0 Å². The van der Waals surface area contributed by atoms with E-state index in [-0.39, 0.29) is 0 Å². The first kappa shape index (κ1) is 13.8. The lowest BCUT2D eigenvalue weighted by atomic mass is 9.88. The Hall–Kier alpha value is -1.64. The van der Waals surface area contributed by atoms with Gasteiger partial charge in [0.25, 0.3) is 0 Å². The highest BCUT2D eigenvalue weighted by Gasteiger charge is 2.25. The number of hydrogen-bond acceptors (Lipinski definition) is 1. The van der Waals surface area contributed by atoms with Crippen molar-refractivity contribution in [2.45, 2.75) is 12.0 Å². The minimum atomic E-state index is -0.989. The first-order chi connectivity index (χ1) is 9.09. The Morgan fingerprint density at radius 3 is 2.11 bits per heavy atom. The SMILES string of the molecule is C=C(F)[C@H](c1ccccc1)[C@H](O)c1ccc(Cl)cc1. The third-order valence-corrected chi connectivity index (χ3v) is 3.28. The molecule has 0 saturated heterocycles. The average Bonchev–Trinajstić information content (AvgIpc) is 2.40. The lowest BCUT2D eigenvalue weighted by Gasteiger charge is -2.22. The summed E-state index contributed by atoms with van der Waals surface area (Å²) in [7, 11) is 0.